The summed E-state index contributed by atoms with van der Waals surface area (Å²) >= 11 is 0. The standard InChI is InChI=1S/C18H23N3/c1-17(2,3)13-9-14(18(4,5)6)21-16-12(13)8-7-11(10-19)15(16)20/h7-9H,20H2,1-6H3. The van der Waals surface area contributed by atoms with Crippen molar-refractivity contribution in [3.63, 3.8) is 0 Å². The lowest BCUT2D eigenvalue weighted by atomic mass is 9.81. The fourth-order valence-corrected chi connectivity index (χ4v) is 2.42. The van der Waals surface area contributed by atoms with Gasteiger partial charge in [0.25, 0.3) is 0 Å². The molecule has 0 bridgehead atoms. The summed E-state index contributed by atoms with van der Waals surface area (Å²) < 4.78 is 0. The molecule has 1 aromatic carbocycles. The van der Waals surface area contributed by atoms with E-state index >= 15 is 0 Å². The largest absolute Gasteiger partial charge is 0.396 e. The van der Waals surface area contributed by atoms with Crippen LogP contribution in [0.4, 0.5) is 5.69 Å². The molecule has 110 valence electrons. The first-order chi connectivity index (χ1) is 9.55. The van der Waals surface area contributed by atoms with E-state index in [1.165, 1.54) is 5.56 Å². The van der Waals surface area contributed by atoms with Crippen molar-refractivity contribution in [1.29, 1.82) is 5.26 Å². The number of pyridine rings is 1. The van der Waals surface area contributed by atoms with Crippen molar-refractivity contribution in [1.82, 2.24) is 4.98 Å². The van der Waals surface area contributed by atoms with Crippen molar-refractivity contribution < 1.29 is 0 Å². The molecule has 2 rings (SSSR count). The van der Waals surface area contributed by atoms with Gasteiger partial charge in [-0.15, -0.1) is 0 Å². The Hall–Kier alpha value is -2.08. The van der Waals surface area contributed by atoms with Gasteiger partial charge in [0.1, 0.15) is 6.07 Å². The molecule has 0 aliphatic heterocycles. The van der Waals surface area contributed by atoms with Crippen molar-refractivity contribution >= 4 is 16.6 Å². The summed E-state index contributed by atoms with van der Waals surface area (Å²) in [6.07, 6.45) is 0. The lowest BCUT2D eigenvalue weighted by molar-refractivity contribution is 0.558. The average Bonchev–Trinajstić information content (AvgIpc) is 2.36. The highest BCUT2D eigenvalue weighted by molar-refractivity contribution is 5.95. The number of hydrogen-bond acceptors (Lipinski definition) is 3. The molecule has 0 amide bonds. The molecule has 0 aliphatic rings. The Morgan fingerprint density at radius 1 is 1.05 bits per heavy atom. The number of benzene rings is 1. The molecule has 1 aromatic heterocycles. The number of nitriles is 1. The van der Waals surface area contributed by atoms with E-state index in [1.54, 1.807) is 6.07 Å². The van der Waals surface area contributed by atoms with Crippen molar-refractivity contribution in [3.8, 4) is 6.07 Å². The minimum absolute atomic E-state index is 0.0121. The molecule has 3 heteroatoms. The summed E-state index contributed by atoms with van der Waals surface area (Å²) in [5, 5.41) is 10.2. The molecule has 1 heterocycles. The van der Waals surface area contributed by atoms with Crippen LogP contribution < -0.4 is 5.73 Å². The molecular weight excluding hydrogens is 258 g/mol. The summed E-state index contributed by atoms with van der Waals surface area (Å²) in [5.41, 5.74) is 10.0. The fourth-order valence-electron chi connectivity index (χ4n) is 2.42. The topological polar surface area (TPSA) is 62.7 Å². The van der Waals surface area contributed by atoms with Crippen LogP contribution in [0.15, 0.2) is 18.2 Å². The van der Waals surface area contributed by atoms with Crippen LogP contribution in [0.2, 0.25) is 0 Å². The zero-order valence-electron chi connectivity index (χ0n) is 13.7. The molecule has 0 unspecified atom stereocenters. The van der Waals surface area contributed by atoms with Crippen LogP contribution in [0.1, 0.15) is 58.4 Å². The van der Waals surface area contributed by atoms with E-state index in [-0.39, 0.29) is 10.8 Å². The molecular formula is C18H23N3. The second-order valence-electron chi connectivity index (χ2n) is 7.59. The molecule has 0 spiro atoms. The van der Waals surface area contributed by atoms with Crippen molar-refractivity contribution in [2.24, 2.45) is 0 Å². The second kappa shape index (κ2) is 4.73. The van der Waals surface area contributed by atoms with E-state index in [0.717, 1.165) is 16.6 Å². The summed E-state index contributed by atoms with van der Waals surface area (Å²) in [7, 11) is 0. The maximum absolute atomic E-state index is 9.18. The molecule has 21 heavy (non-hydrogen) atoms. The third-order valence-corrected chi connectivity index (χ3v) is 3.72. The minimum atomic E-state index is -0.0662. The molecule has 0 fully saturated rings. The maximum Gasteiger partial charge on any atom is 0.101 e. The minimum Gasteiger partial charge on any atom is -0.396 e. The average molecular weight is 281 g/mol. The summed E-state index contributed by atoms with van der Waals surface area (Å²) in [5.74, 6) is 0. The van der Waals surface area contributed by atoms with Gasteiger partial charge in [-0.2, -0.15) is 5.26 Å². The summed E-state index contributed by atoms with van der Waals surface area (Å²) in [6, 6.07) is 8.06. The van der Waals surface area contributed by atoms with Gasteiger partial charge in [0, 0.05) is 16.5 Å². The number of nitrogens with zero attached hydrogens (tertiary/aromatic N) is 2. The molecule has 0 atom stereocenters. The number of fused-ring (bicyclic) bond motifs is 1. The number of aromatic nitrogens is 1. The van der Waals surface area contributed by atoms with Crippen molar-refractivity contribution in [3.05, 3.63) is 35.0 Å². The van der Waals surface area contributed by atoms with E-state index in [4.69, 9.17) is 10.7 Å². The third kappa shape index (κ3) is 2.71. The van der Waals surface area contributed by atoms with Gasteiger partial charge in [-0.25, -0.2) is 0 Å². The maximum atomic E-state index is 9.18. The van der Waals surface area contributed by atoms with E-state index in [9.17, 15) is 5.26 Å². The van der Waals surface area contributed by atoms with Gasteiger partial charge in [0.2, 0.25) is 0 Å². The van der Waals surface area contributed by atoms with Crippen LogP contribution in [-0.4, -0.2) is 4.98 Å². The highest BCUT2D eigenvalue weighted by Gasteiger charge is 2.24. The van der Waals surface area contributed by atoms with Crippen LogP contribution >= 0.6 is 0 Å². The molecule has 0 saturated carbocycles. The lowest BCUT2D eigenvalue weighted by Gasteiger charge is -2.26. The number of hydrogen-bond donors (Lipinski definition) is 1. The van der Waals surface area contributed by atoms with E-state index < -0.39 is 0 Å². The Balaban J connectivity index is 2.96. The molecule has 2 aromatic rings. The Morgan fingerprint density at radius 2 is 1.67 bits per heavy atom. The van der Waals surface area contributed by atoms with Crippen LogP contribution in [0, 0.1) is 11.3 Å². The Bertz CT molecular complexity index is 738. The predicted molar refractivity (Wildman–Crippen MR) is 88.3 cm³/mol. The zero-order chi connectivity index (χ0) is 16.0. The van der Waals surface area contributed by atoms with E-state index in [0.29, 0.717) is 11.3 Å². The Kier molecular flexibility index (Phi) is 3.45. The van der Waals surface area contributed by atoms with Crippen molar-refractivity contribution in [2.75, 3.05) is 5.73 Å². The van der Waals surface area contributed by atoms with Crippen LogP contribution in [0.25, 0.3) is 10.9 Å². The van der Waals surface area contributed by atoms with E-state index in [1.807, 2.05) is 6.07 Å². The third-order valence-electron chi connectivity index (χ3n) is 3.72. The quantitative estimate of drug-likeness (QED) is 0.733. The van der Waals surface area contributed by atoms with Crippen LogP contribution in [0.3, 0.4) is 0 Å². The molecule has 2 N–H and O–H groups in total. The van der Waals surface area contributed by atoms with Crippen molar-refractivity contribution in [2.45, 2.75) is 52.4 Å². The first kappa shape index (κ1) is 15.3. The molecule has 0 radical (unpaired) electrons. The normalized spacial score (nSPS) is 12.4. The van der Waals surface area contributed by atoms with Crippen LogP contribution in [0.5, 0.6) is 0 Å². The van der Waals surface area contributed by atoms with Gasteiger partial charge < -0.3 is 5.73 Å². The lowest BCUT2D eigenvalue weighted by Crippen LogP contribution is -2.19. The number of nitrogens with two attached hydrogens (primary N) is 1. The fraction of sp³-hybridized carbons (Fsp3) is 0.444. The number of nitrogen functional groups attached to an aromatic ring is 1. The van der Waals surface area contributed by atoms with Gasteiger partial charge in [-0.1, -0.05) is 47.6 Å². The summed E-state index contributed by atoms with van der Waals surface area (Å²) in [6.45, 7) is 13.0. The zero-order valence-corrected chi connectivity index (χ0v) is 13.7. The van der Waals surface area contributed by atoms with Gasteiger partial charge in [-0.05, 0) is 23.1 Å². The van der Waals surface area contributed by atoms with Gasteiger partial charge in [0.15, 0.2) is 0 Å². The monoisotopic (exact) mass is 281 g/mol. The van der Waals surface area contributed by atoms with Gasteiger partial charge in [0.05, 0.1) is 16.8 Å². The molecule has 0 aliphatic carbocycles. The summed E-state index contributed by atoms with van der Waals surface area (Å²) in [4.78, 5) is 4.75. The highest BCUT2D eigenvalue weighted by atomic mass is 14.8. The smallest absolute Gasteiger partial charge is 0.101 e. The molecule has 0 saturated heterocycles. The number of rotatable bonds is 0. The number of anilines is 1. The Morgan fingerprint density at radius 3 is 2.14 bits per heavy atom. The predicted octanol–water partition coefficient (Wildman–Crippen LogP) is 4.28. The van der Waals surface area contributed by atoms with E-state index in [2.05, 4.69) is 53.7 Å². The Labute approximate surface area is 126 Å². The van der Waals surface area contributed by atoms with Gasteiger partial charge >= 0.3 is 0 Å². The SMILES string of the molecule is CC(C)(C)c1cc(C(C)(C)C)c2ccc(C#N)c(N)c2n1. The van der Waals surface area contributed by atoms with Crippen LogP contribution in [-0.2, 0) is 10.8 Å². The van der Waals surface area contributed by atoms with Gasteiger partial charge in [-0.3, -0.25) is 4.98 Å². The molecule has 3 nitrogen and oxygen atoms in total. The highest BCUT2D eigenvalue weighted by Crippen LogP contribution is 2.35. The first-order valence-corrected chi connectivity index (χ1v) is 7.20. The first-order valence-electron chi connectivity index (χ1n) is 7.20. The second-order valence-corrected chi connectivity index (χ2v) is 7.59.